The van der Waals surface area contributed by atoms with E-state index in [4.69, 9.17) is 5.11 Å². The van der Waals surface area contributed by atoms with Gasteiger partial charge in [0.25, 0.3) is 0 Å². The number of alkyl halides is 1. The third-order valence-electron chi connectivity index (χ3n) is 1.38. The summed E-state index contributed by atoms with van der Waals surface area (Å²) >= 11 is 0. The van der Waals surface area contributed by atoms with E-state index in [2.05, 4.69) is 16.7 Å². The highest BCUT2D eigenvalue weighted by atomic mass is 19.1. The number of halogens is 1. The topological polar surface area (TPSA) is 50.9 Å². The second kappa shape index (κ2) is 3.96. The fourth-order valence-electron chi connectivity index (χ4n) is 0.853. The number of hydrogen-bond donors (Lipinski definition) is 1. The van der Waals surface area contributed by atoms with Gasteiger partial charge in [-0.2, -0.15) is 5.10 Å². The SMILES string of the molecule is C=Cc1nc(CF)n(CCO)n1. The zero-order chi connectivity index (χ0) is 8.97. The van der Waals surface area contributed by atoms with Crippen LogP contribution in [-0.2, 0) is 13.2 Å². The summed E-state index contributed by atoms with van der Waals surface area (Å²) in [5.74, 6) is 0.607. The lowest BCUT2D eigenvalue weighted by atomic mass is 10.6. The van der Waals surface area contributed by atoms with Crippen molar-refractivity contribution in [3.8, 4) is 0 Å². The highest BCUT2D eigenvalue weighted by Gasteiger charge is 2.05. The third-order valence-corrected chi connectivity index (χ3v) is 1.38. The molecule has 0 aliphatic heterocycles. The molecule has 1 heterocycles. The standard InChI is InChI=1S/C7H10FN3O/c1-2-6-9-7(5-8)11(10-6)3-4-12/h2,12H,1,3-5H2. The number of aliphatic hydroxyl groups is 1. The van der Waals surface area contributed by atoms with E-state index < -0.39 is 6.67 Å². The Kier molecular flexibility index (Phi) is 2.93. The Morgan fingerprint density at radius 2 is 2.42 bits per heavy atom. The molecular formula is C7H10FN3O. The molecule has 12 heavy (non-hydrogen) atoms. The van der Waals surface area contributed by atoms with Crippen molar-refractivity contribution in [1.29, 1.82) is 0 Å². The Bertz CT molecular complexity index is 272. The summed E-state index contributed by atoms with van der Waals surface area (Å²) in [5, 5.41) is 12.5. The zero-order valence-electron chi connectivity index (χ0n) is 6.57. The van der Waals surface area contributed by atoms with Gasteiger partial charge in [-0.25, -0.2) is 14.1 Å². The molecule has 0 saturated heterocycles. The minimum Gasteiger partial charge on any atom is -0.394 e. The molecule has 0 unspecified atom stereocenters. The second-order valence-electron chi connectivity index (χ2n) is 2.17. The van der Waals surface area contributed by atoms with E-state index in [1.807, 2.05) is 0 Å². The maximum absolute atomic E-state index is 12.2. The Balaban J connectivity index is 2.91. The first-order valence-corrected chi connectivity index (χ1v) is 3.54. The molecule has 0 aliphatic rings. The van der Waals surface area contributed by atoms with Gasteiger partial charge in [0.05, 0.1) is 13.2 Å². The van der Waals surface area contributed by atoms with Crippen LogP contribution >= 0.6 is 0 Å². The fourth-order valence-corrected chi connectivity index (χ4v) is 0.853. The van der Waals surface area contributed by atoms with Crippen LogP contribution in [-0.4, -0.2) is 26.5 Å². The van der Waals surface area contributed by atoms with Crippen LogP contribution in [0.15, 0.2) is 6.58 Å². The van der Waals surface area contributed by atoms with Crippen molar-refractivity contribution in [3.05, 3.63) is 18.2 Å². The number of hydrogen-bond acceptors (Lipinski definition) is 3. The molecule has 0 amide bonds. The average molecular weight is 171 g/mol. The normalized spacial score (nSPS) is 10.2. The van der Waals surface area contributed by atoms with E-state index in [1.54, 1.807) is 0 Å². The van der Waals surface area contributed by atoms with E-state index in [0.717, 1.165) is 0 Å². The van der Waals surface area contributed by atoms with Gasteiger partial charge in [-0.1, -0.05) is 6.58 Å². The Hall–Kier alpha value is -1.23. The molecule has 0 aliphatic carbocycles. The average Bonchev–Trinajstić information content (AvgIpc) is 2.48. The molecule has 0 aromatic carbocycles. The quantitative estimate of drug-likeness (QED) is 0.712. The monoisotopic (exact) mass is 171 g/mol. The lowest BCUT2D eigenvalue weighted by molar-refractivity contribution is 0.264. The van der Waals surface area contributed by atoms with E-state index in [9.17, 15) is 4.39 Å². The van der Waals surface area contributed by atoms with Gasteiger partial charge in [-0.3, -0.25) is 0 Å². The van der Waals surface area contributed by atoms with Crippen LogP contribution in [0.4, 0.5) is 4.39 Å². The molecule has 0 saturated carbocycles. The number of nitrogens with zero attached hydrogens (tertiary/aromatic N) is 3. The highest BCUT2D eigenvalue weighted by Crippen LogP contribution is 2.01. The lowest BCUT2D eigenvalue weighted by Crippen LogP contribution is -2.07. The van der Waals surface area contributed by atoms with E-state index in [-0.39, 0.29) is 19.0 Å². The lowest BCUT2D eigenvalue weighted by Gasteiger charge is -1.97. The summed E-state index contributed by atoms with van der Waals surface area (Å²) in [4.78, 5) is 3.81. The molecule has 5 heteroatoms. The van der Waals surface area contributed by atoms with Gasteiger partial charge in [0.1, 0.15) is 6.67 Å². The van der Waals surface area contributed by atoms with Gasteiger partial charge in [0, 0.05) is 0 Å². The predicted octanol–water partition coefficient (Wildman–Crippen LogP) is 0.383. The first-order valence-electron chi connectivity index (χ1n) is 3.54. The second-order valence-corrected chi connectivity index (χ2v) is 2.17. The summed E-state index contributed by atoms with van der Waals surface area (Å²) in [6.07, 6.45) is 1.44. The van der Waals surface area contributed by atoms with Crippen molar-refractivity contribution in [2.45, 2.75) is 13.2 Å². The molecule has 1 rings (SSSR count). The van der Waals surface area contributed by atoms with Crippen molar-refractivity contribution in [1.82, 2.24) is 14.8 Å². The van der Waals surface area contributed by atoms with E-state index >= 15 is 0 Å². The first-order chi connectivity index (χ1) is 5.81. The van der Waals surface area contributed by atoms with Crippen molar-refractivity contribution in [2.24, 2.45) is 0 Å². The minimum absolute atomic E-state index is 0.0764. The van der Waals surface area contributed by atoms with Crippen molar-refractivity contribution in [2.75, 3.05) is 6.61 Å². The van der Waals surface area contributed by atoms with Crippen LogP contribution in [0.5, 0.6) is 0 Å². The Labute approximate surface area is 69.4 Å². The van der Waals surface area contributed by atoms with Crippen LogP contribution in [0.25, 0.3) is 6.08 Å². The number of rotatable bonds is 4. The van der Waals surface area contributed by atoms with Gasteiger partial charge in [-0.15, -0.1) is 0 Å². The molecule has 1 N–H and O–H groups in total. The maximum atomic E-state index is 12.2. The fraction of sp³-hybridized carbons (Fsp3) is 0.429. The number of aliphatic hydroxyl groups excluding tert-OH is 1. The summed E-state index contributed by atoms with van der Waals surface area (Å²) in [5.41, 5.74) is 0. The summed E-state index contributed by atoms with van der Waals surface area (Å²) in [7, 11) is 0. The molecule has 4 nitrogen and oxygen atoms in total. The van der Waals surface area contributed by atoms with Gasteiger partial charge >= 0.3 is 0 Å². The largest absolute Gasteiger partial charge is 0.394 e. The predicted molar refractivity (Wildman–Crippen MR) is 42.0 cm³/mol. The molecular weight excluding hydrogens is 161 g/mol. The molecule has 0 fully saturated rings. The van der Waals surface area contributed by atoms with Crippen molar-refractivity contribution in [3.63, 3.8) is 0 Å². The molecule has 0 atom stereocenters. The Morgan fingerprint density at radius 3 is 2.92 bits per heavy atom. The van der Waals surface area contributed by atoms with Crippen LogP contribution in [0.1, 0.15) is 11.6 Å². The van der Waals surface area contributed by atoms with E-state index in [1.165, 1.54) is 10.8 Å². The minimum atomic E-state index is -0.680. The summed E-state index contributed by atoms with van der Waals surface area (Å²) < 4.78 is 13.5. The molecule has 66 valence electrons. The molecule has 0 radical (unpaired) electrons. The molecule has 0 bridgehead atoms. The van der Waals surface area contributed by atoms with Crippen LogP contribution in [0.2, 0.25) is 0 Å². The molecule has 1 aromatic heterocycles. The molecule has 1 aromatic rings. The zero-order valence-corrected chi connectivity index (χ0v) is 6.57. The molecule has 0 spiro atoms. The Morgan fingerprint density at radius 1 is 1.67 bits per heavy atom. The highest BCUT2D eigenvalue weighted by molar-refractivity contribution is 5.34. The third kappa shape index (κ3) is 1.68. The van der Waals surface area contributed by atoms with Crippen LogP contribution in [0.3, 0.4) is 0 Å². The van der Waals surface area contributed by atoms with Gasteiger partial charge < -0.3 is 5.11 Å². The summed E-state index contributed by atoms with van der Waals surface area (Å²) in [6.45, 7) is 2.96. The van der Waals surface area contributed by atoms with Crippen molar-refractivity contribution < 1.29 is 9.50 Å². The smallest absolute Gasteiger partial charge is 0.173 e. The number of aromatic nitrogens is 3. The summed E-state index contributed by atoms with van der Waals surface area (Å²) in [6, 6.07) is 0. The van der Waals surface area contributed by atoms with Crippen molar-refractivity contribution >= 4 is 6.08 Å². The van der Waals surface area contributed by atoms with Crippen LogP contribution < -0.4 is 0 Å². The van der Waals surface area contributed by atoms with Gasteiger partial charge in [0.2, 0.25) is 0 Å². The maximum Gasteiger partial charge on any atom is 0.173 e. The first kappa shape index (κ1) is 8.86. The van der Waals surface area contributed by atoms with Gasteiger partial charge in [0.15, 0.2) is 11.6 Å². The van der Waals surface area contributed by atoms with Gasteiger partial charge in [-0.05, 0) is 6.08 Å². The van der Waals surface area contributed by atoms with E-state index in [0.29, 0.717) is 5.82 Å². The van der Waals surface area contributed by atoms with Crippen LogP contribution in [0, 0.1) is 0 Å².